The number of aromatic carboxylic acids is 1. The Hall–Kier alpha value is -1.85. The first kappa shape index (κ1) is 12.6. The minimum atomic E-state index is -1.22. The molecule has 0 aromatic carbocycles. The lowest BCUT2D eigenvalue weighted by Crippen LogP contribution is -2.42. The number of amides is 1. The second kappa shape index (κ2) is 4.80. The molecule has 0 spiro atoms. The maximum Gasteiger partial charge on any atom is 0.374 e. The number of piperidine rings is 1. The van der Waals surface area contributed by atoms with Crippen LogP contribution in [0.1, 0.15) is 41.3 Å². The van der Waals surface area contributed by atoms with Gasteiger partial charge in [-0.2, -0.15) is 0 Å². The Morgan fingerprint density at radius 1 is 1.39 bits per heavy atom. The first-order valence-corrected chi connectivity index (χ1v) is 5.96. The quantitative estimate of drug-likeness (QED) is 0.862. The summed E-state index contributed by atoms with van der Waals surface area (Å²) in [6, 6.07) is 1.18. The van der Waals surface area contributed by atoms with Crippen molar-refractivity contribution in [2.24, 2.45) is 11.8 Å². The summed E-state index contributed by atoms with van der Waals surface area (Å²) in [6.45, 7) is 5.56. The second-order valence-corrected chi connectivity index (χ2v) is 5.04. The maximum absolute atomic E-state index is 12.1. The van der Waals surface area contributed by atoms with Crippen molar-refractivity contribution in [2.45, 2.75) is 20.3 Å². The van der Waals surface area contributed by atoms with Gasteiger partial charge in [-0.1, -0.05) is 19.0 Å². The molecule has 0 saturated carbocycles. The smallest absolute Gasteiger partial charge is 0.374 e. The maximum atomic E-state index is 12.1. The standard InChI is InChI=1S/C12H16N2O4/c1-7-3-8(2)6-14(5-7)11(15)9-4-10(12(16)17)18-13-9/h4,7-8H,3,5-6H2,1-2H3,(H,16,17). The summed E-state index contributed by atoms with van der Waals surface area (Å²) in [6.07, 6.45) is 1.10. The van der Waals surface area contributed by atoms with Crippen LogP contribution in [0.2, 0.25) is 0 Å². The van der Waals surface area contributed by atoms with Crippen molar-refractivity contribution in [2.75, 3.05) is 13.1 Å². The lowest BCUT2D eigenvalue weighted by Gasteiger charge is -2.34. The Labute approximate surface area is 105 Å². The van der Waals surface area contributed by atoms with E-state index in [0.717, 1.165) is 6.42 Å². The van der Waals surface area contributed by atoms with Crippen molar-refractivity contribution in [3.8, 4) is 0 Å². The normalized spacial score (nSPS) is 24.0. The topological polar surface area (TPSA) is 83.6 Å². The van der Waals surface area contributed by atoms with E-state index in [1.807, 2.05) is 0 Å². The monoisotopic (exact) mass is 252 g/mol. The van der Waals surface area contributed by atoms with Crippen LogP contribution in [-0.4, -0.2) is 40.1 Å². The average molecular weight is 252 g/mol. The van der Waals surface area contributed by atoms with E-state index in [-0.39, 0.29) is 17.4 Å². The number of hydrogen-bond acceptors (Lipinski definition) is 4. The number of rotatable bonds is 2. The number of likely N-dealkylation sites (tertiary alicyclic amines) is 1. The summed E-state index contributed by atoms with van der Waals surface area (Å²) < 4.78 is 4.59. The van der Waals surface area contributed by atoms with Crippen LogP contribution < -0.4 is 0 Å². The Morgan fingerprint density at radius 2 is 2.00 bits per heavy atom. The highest BCUT2D eigenvalue weighted by Crippen LogP contribution is 2.22. The van der Waals surface area contributed by atoms with Crippen LogP contribution in [0, 0.1) is 11.8 Å². The number of aromatic nitrogens is 1. The van der Waals surface area contributed by atoms with Crippen LogP contribution in [0.5, 0.6) is 0 Å². The zero-order valence-corrected chi connectivity index (χ0v) is 10.4. The molecule has 2 unspecified atom stereocenters. The van der Waals surface area contributed by atoms with Gasteiger partial charge in [-0.25, -0.2) is 4.79 Å². The summed E-state index contributed by atoms with van der Waals surface area (Å²) in [5, 5.41) is 12.2. The summed E-state index contributed by atoms with van der Waals surface area (Å²) in [5.74, 6) is -0.893. The molecule has 98 valence electrons. The third kappa shape index (κ3) is 2.52. The van der Waals surface area contributed by atoms with Crippen molar-refractivity contribution in [3.05, 3.63) is 17.5 Å². The third-order valence-electron chi connectivity index (χ3n) is 3.10. The van der Waals surface area contributed by atoms with Gasteiger partial charge >= 0.3 is 5.97 Å². The van der Waals surface area contributed by atoms with Gasteiger partial charge in [-0.3, -0.25) is 4.79 Å². The first-order chi connectivity index (χ1) is 8.47. The van der Waals surface area contributed by atoms with Crippen LogP contribution in [0.25, 0.3) is 0 Å². The molecule has 2 atom stereocenters. The zero-order valence-electron chi connectivity index (χ0n) is 10.4. The molecule has 0 bridgehead atoms. The summed E-state index contributed by atoms with van der Waals surface area (Å²) in [4.78, 5) is 24.5. The first-order valence-electron chi connectivity index (χ1n) is 5.96. The van der Waals surface area contributed by atoms with Crippen molar-refractivity contribution in [3.63, 3.8) is 0 Å². The molecule has 1 saturated heterocycles. The molecule has 0 radical (unpaired) electrons. The SMILES string of the molecule is CC1CC(C)CN(C(=O)c2cc(C(=O)O)on2)C1. The highest BCUT2D eigenvalue weighted by atomic mass is 16.5. The molecule has 1 amide bonds. The molecular formula is C12H16N2O4. The van der Waals surface area contributed by atoms with Gasteiger partial charge in [0.2, 0.25) is 5.76 Å². The van der Waals surface area contributed by atoms with Crippen LogP contribution in [0.4, 0.5) is 0 Å². The third-order valence-corrected chi connectivity index (χ3v) is 3.10. The lowest BCUT2D eigenvalue weighted by molar-refractivity contribution is 0.0606. The van der Waals surface area contributed by atoms with Gasteiger partial charge in [-0.05, 0) is 18.3 Å². The van der Waals surface area contributed by atoms with E-state index >= 15 is 0 Å². The molecule has 1 aliphatic rings. The molecule has 1 N–H and O–H groups in total. The van der Waals surface area contributed by atoms with Crippen molar-refractivity contribution < 1.29 is 19.2 Å². The van der Waals surface area contributed by atoms with Gasteiger partial charge in [-0.15, -0.1) is 0 Å². The molecule has 0 aliphatic carbocycles. The van der Waals surface area contributed by atoms with E-state index in [9.17, 15) is 9.59 Å². The number of carbonyl (C=O) groups excluding carboxylic acids is 1. The van der Waals surface area contributed by atoms with E-state index in [1.54, 1.807) is 4.90 Å². The molecule has 1 aliphatic heterocycles. The van der Waals surface area contributed by atoms with Crippen molar-refractivity contribution in [1.82, 2.24) is 10.1 Å². The second-order valence-electron chi connectivity index (χ2n) is 5.04. The van der Waals surface area contributed by atoms with Gasteiger partial charge in [0.25, 0.3) is 5.91 Å². The van der Waals surface area contributed by atoms with E-state index in [1.165, 1.54) is 6.07 Å². The molecule has 6 heteroatoms. The Balaban J connectivity index is 2.12. The van der Waals surface area contributed by atoms with Crippen LogP contribution in [-0.2, 0) is 0 Å². The molecule has 1 aromatic heterocycles. The Morgan fingerprint density at radius 3 is 2.50 bits per heavy atom. The molecular weight excluding hydrogens is 236 g/mol. The lowest BCUT2D eigenvalue weighted by atomic mass is 9.92. The fraction of sp³-hybridized carbons (Fsp3) is 0.583. The summed E-state index contributed by atoms with van der Waals surface area (Å²) in [5.41, 5.74) is 0.0636. The average Bonchev–Trinajstić information content (AvgIpc) is 2.75. The van der Waals surface area contributed by atoms with Crippen molar-refractivity contribution in [1.29, 1.82) is 0 Å². The summed E-state index contributed by atoms with van der Waals surface area (Å²) >= 11 is 0. The molecule has 6 nitrogen and oxygen atoms in total. The van der Waals surface area contributed by atoms with Gasteiger partial charge < -0.3 is 14.5 Å². The molecule has 18 heavy (non-hydrogen) atoms. The van der Waals surface area contributed by atoms with Gasteiger partial charge in [0, 0.05) is 19.2 Å². The van der Waals surface area contributed by atoms with Crippen LogP contribution >= 0.6 is 0 Å². The van der Waals surface area contributed by atoms with E-state index < -0.39 is 5.97 Å². The van der Waals surface area contributed by atoms with Gasteiger partial charge in [0.05, 0.1) is 0 Å². The predicted octanol–water partition coefficient (Wildman–Crippen LogP) is 1.49. The van der Waals surface area contributed by atoms with Crippen LogP contribution in [0.15, 0.2) is 10.6 Å². The largest absolute Gasteiger partial charge is 0.475 e. The van der Waals surface area contributed by atoms with E-state index in [4.69, 9.17) is 5.11 Å². The van der Waals surface area contributed by atoms with Crippen molar-refractivity contribution >= 4 is 11.9 Å². The molecule has 1 fully saturated rings. The molecule has 2 rings (SSSR count). The highest BCUT2D eigenvalue weighted by molar-refractivity contribution is 5.94. The Kier molecular flexibility index (Phi) is 3.36. The minimum Gasteiger partial charge on any atom is -0.475 e. The Bertz CT molecular complexity index is 458. The number of carbonyl (C=O) groups is 2. The fourth-order valence-electron chi connectivity index (χ4n) is 2.47. The number of nitrogens with zero attached hydrogens (tertiary/aromatic N) is 2. The fourth-order valence-corrected chi connectivity index (χ4v) is 2.47. The summed E-state index contributed by atoms with van der Waals surface area (Å²) in [7, 11) is 0. The number of carboxylic acids is 1. The minimum absolute atomic E-state index is 0.0636. The highest BCUT2D eigenvalue weighted by Gasteiger charge is 2.28. The van der Waals surface area contributed by atoms with Crippen LogP contribution in [0.3, 0.4) is 0 Å². The zero-order chi connectivity index (χ0) is 13.3. The van der Waals surface area contributed by atoms with E-state index in [0.29, 0.717) is 24.9 Å². The number of hydrogen-bond donors (Lipinski definition) is 1. The van der Waals surface area contributed by atoms with Gasteiger partial charge in [0.1, 0.15) is 0 Å². The predicted molar refractivity (Wildman–Crippen MR) is 62.3 cm³/mol. The number of carboxylic acid groups (broad SMARTS) is 1. The molecule has 1 aromatic rings. The van der Waals surface area contributed by atoms with E-state index in [2.05, 4.69) is 23.5 Å². The van der Waals surface area contributed by atoms with Gasteiger partial charge in [0.15, 0.2) is 5.69 Å². The molecule has 2 heterocycles.